The minimum absolute atomic E-state index is 0.0236. The molecule has 0 saturated heterocycles. The molecule has 4 N–H and O–H groups in total. The van der Waals surface area contributed by atoms with Crippen molar-refractivity contribution < 1.29 is 33.1 Å². The molecular formula is C32H30N6O7P2. The summed E-state index contributed by atoms with van der Waals surface area (Å²) in [5, 5.41) is 6.97. The molecule has 47 heavy (non-hydrogen) atoms. The van der Waals surface area contributed by atoms with E-state index in [4.69, 9.17) is 4.42 Å². The number of carbonyl (C=O) groups is 4. The zero-order valence-electron chi connectivity index (χ0n) is 25.4. The van der Waals surface area contributed by atoms with Gasteiger partial charge in [0.25, 0.3) is 0 Å². The minimum atomic E-state index is -0.570. The highest BCUT2D eigenvalue weighted by molar-refractivity contribution is 7.65. The summed E-state index contributed by atoms with van der Waals surface area (Å²) in [7, 11) is 2.24. The van der Waals surface area contributed by atoms with Gasteiger partial charge in [-0.3, -0.25) is 9.59 Å². The number of nitrogens with one attached hydrogen (secondary N) is 4. The number of ether oxygens (including phenoxy) is 2. The van der Waals surface area contributed by atoms with E-state index in [9.17, 15) is 19.2 Å². The first-order chi connectivity index (χ1) is 22.8. The maximum Gasteiger partial charge on any atom is 0.406 e. The van der Waals surface area contributed by atoms with Gasteiger partial charge in [0.2, 0.25) is 0 Å². The molecule has 2 amide bonds. The van der Waals surface area contributed by atoms with E-state index in [2.05, 4.69) is 40.0 Å². The van der Waals surface area contributed by atoms with Gasteiger partial charge in [-0.2, -0.15) is 0 Å². The maximum atomic E-state index is 12.4. The topological polar surface area (TPSA) is 181 Å². The first kappa shape index (κ1) is 31.8. The van der Waals surface area contributed by atoms with Crippen molar-refractivity contribution in [3.05, 3.63) is 60.8 Å². The molecule has 3 aromatic carbocycles. The predicted octanol–water partition coefficient (Wildman–Crippen LogP) is 4.67. The number of hydrogen-bond donors (Lipinski definition) is 4. The number of nitrogens with zero attached hydrogens (tertiary/aromatic N) is 2. The van der Waals surface area contributed by atoms with Gasteiger partial charge in [0.15, 0.2) is 11.0 Å². The van der Waals surface area contributed by atoms with Crippen molar-refractivity contribution in [1.29, 1.82) is 0 Å². The lowest BCUT2D eigenvalue weighted by Crippen LogP contribution is -2.25. The van der Waals surface area contributed by atoms with Crippen molar-refractivity contribution in [1.82, 2.24) is 30.6 Å². The molecular weight excluding hydrogens is 642 g/mol. The van der Waals surface area contributed by atoms with E-state index in [1.54, 1.807) is 6.20 Å². The Morgan fingerprint density at radius 3 is 1.98 bits per heavy atom. The number of carbonyl (C=O) groups excluding carboxylic acids is 4. The molecule has 0 fully saturated rings. The number of aromatic amines is 2. The van der Waals surface area contributed by atoms with Crippen molar-refractivity contribution in [2.45, 2.75) is 12.8 Å². The van der Waals surface area contributed by atoms with Crippen LogP contribution >= 0.6 is 17.2 Å². The zero-order valence-corrected chi connectivity index (χ0v) is 27.4. The number of alkyl carbamates (subject to hydrolysis) is 2. The second-order valence-electron chi connectivity index (χ2n) is 10.4. The predicted molar refractivity (Wildman–Crippen MR) is 182 cm³/mol. The number of hydrogen-bond acceptors (Lipinski definition) is 9. The van der Waals surface area contributed by atoms with Crippen LogP contribution in [0, 0.1) is 0 Å². The van der Waals surface area contributed by atoms with Crippen molar-refractivity contribution in [2.75, 3.05) is 27.3 Å². The van der Waals surface area contributed by atoms with E-state index >= 15 is 0 Å². The summed E-state index contributed by atoms with van der Waals surface area (Å²) < 4.78 is 15.3. The molecule has 3 aromatic heterocycles. The molecule has 0 saturated carbocycles. The summed E-state index contributed by atoms with van der Waals surface area (Å²) in [6.45, 7) is 0.416. The fourth-order valence-electron chi connectivity index (χ4n) is 4.99. The fourth-order valence-corrected chi connectivity index (χ4v) is 6.72. The summed E-state index contributed by atoms with van der Waals surface area (Å²) in [5.74, 6) is 0. The van der Waals surface area contributed by atoms with Crippen LogP contribution in [0.25, 0.3) is 55.4 Å². The lowest BCUT2D eigenvalue weighted by atomic mass is 10.0. The summed E-state index contributed by atoms with van der Waals surface area (Å²) in [5.41, 5.74) is 7.72. The van der Waals surface area contributed by atoms with E-state index in [-0.39, 0.29) is 54.1 Å². The van der Waals surface area contributed by atoms with Gasteiger partial charge in [-0.1, -0.05) is 18.2 Å². The van der Waals surface area contributed by atoms with Crippen LogP contribution in [0.1, 0.15) is 12.8 Å². The number of benzene rings is 3. The largest absolute Gasteiger partial charge is 0.456 e. The SMILES string of the molecule is COC(=O)NCCC(=O)Pc1ncc(-c2ccc3c(c2)oc2cc(-c4ccc5nc(PC(=O)CCNC(=O)OC)[nH]c5c4)ccc23)[nH]1. The van der Waals surface area contributed by atoms with Crippen LogP contribution in [-0.2, 0) is 19.1 Å². The first-order valence-electron chi connectivity index (χ1n) is 14.5. The lowest BCUT2D eigenvalue weighted by molar-refractivity contribution is -0.111. The van der Waals surface area contributed by atoms with Gasteiger partial charge < -0.3 is 34.5 Å². The molecule has 0 aliphatic rings. The number of fused-ring (bicyclic) bond motifs is 4. The van der Waals surface area contributed by atoms with Crippen LogP contribution in [0.2, 0.25) is 0 Å². The molecule has 2 atom stereocenters. The zero-order chi connectivity index (χ0) is 32.9. The van der Waals surface area contributed by atoms with Gasteiger partial charge in [0, 0.05) is 59.4 Å². The van der Waals surface area contributed by atoms with Gasteiger partial charge in [0.05, 0.1) is 37.1 Å². The third-order valence-electron chi connectivity index (χ3n) is 7.30. The fraction of sp³-hybridized carbons (Fsp3) is 0.188. The Hall–Kier alpha value is -5.12. The summed E-state index contributed by atoms with van der Waals surface area (Å²) in [6.07, 6.45) is 0.938. The molecule has 15 heteroatoms. The van der Waals surface area contributed by atoms with Crippen LogP contribution in [0.3, 0.4) is 0 Å². The number of imidazole rings is 2. The van der Waals surface area contributed by atoms with Crippen molar-refractivity contribution in [3.63, 3.8) is 0 Å². The van der Waals surface area contributed by atoms with E-state index < -0.39 is 12.2 Å². The van der Waals surface area contributed by atoms with Gasteiger partial charge in [0.1, 0.15) is 22.3 Å². The standard InChI is InChI=1S/C32H30N6O7P2/c1-43-31(41)33-11-9-27(39)46-29-35-16-24(38-29)19-4-7-21-20-6-3-18(14-25(20)45-26(21)15-19)17-5-8-22-23(13-17)37-30(36-22)47-28(40)10-12-34-32(42)44-2/h3-8,13-16,46-47H,9-12H2,1-2H3,(H,33,41)(H,34,42)(H,35,38)(H,36,37). The van der Waals surface area contributed by atoms with Gasteiger partial charge >= 0.3 is 12.2 Å². The summed E-state index contributed by atoms with van der Waals surface area (Å²) in [4.78, 5) is 62.4. The molecule has 0 aliphatic heterocycles. The number of furan rings is 1. The quantitative estimate of drug-likeness (QED) is 0.134. The van der Waals surface area contributed by atoms with Gasteiger partial charge in [-0.05, 0) is 47.5 Å². The highest BCUT2D eigenvalue weighted by Crippen LogP contribution is 2.35. The van der Waals surface area contributed by atoms with Crippen LogP contribution in [0.15, 0.2) is 65.2 Å². The molecule has 3 heterocycles. The number of aromatic nitrogens is 4. The molecule has 6 aromatic rings. The van der Waals surface area contributed by atoms with E-state index in [1.807, 2.05) is 54.6 Å². The maximum absolute atomic E-state index is 12.4. The number of methoxy groups -OCH3 is 2. The smallest absolute Gasteiger partial charge is 0.406 e. The van der Waals surface area contributed by atoms with E-state index in [0.29, 0.717) is 11.1 Å². The molecule has 0 bridgehead atoms. The number of H-pyrrole nitrogens is 2. The van der Waals surface area contributed by atoms with Gasteiger partial charge in [-0.15, -0.1) is 0 Å². The third-order valence-corrected chi connectivity index (χ3v) is 9.33. The van der Waals surface area contributed by atoms with Crippen LogP contribution < -0.4 is 21.8 Å². The summed E-state index contributed by atoms with van der Waals surface area (Å²) >= 11 is 0. The first-order valence-corrected chi connectivity index (χ1v) is 16.5. The Morgan fingerprint density at radius 1 is 0.745 bits per heavy atom. The van der Waals surface area contributed by atoms with Crippen molar-refractivity contribution in [3.8, 4) is 22.4 Å². The molecule has 13 nitrogen and oxygen atoms in total. The number of rotatable bonds is 12. The Morgan fingerprint density at radius 2 is 1.32 bits per heavy atom. The molecule has 0 spiro atoms. The van der Waals surface area contributed by atoms with Crippen LogP contribution in [-0.4, -0.2) is 70.5 Å². The van der Waals surface area contributed by atoms with E-state index in [1.165, 1.54) is 14.2 Å². The van der Waals surface area contributed by atoms with Gasteiger partial charge in [-0.25, -0.2) is 19.6 Å². The number of amides is 2. The Bertz CT molecular complexity index is 2140. The van der Waals surface area contributed by atoms with E-state index in [0.717, 1.165) is 55.4 Å². The average molecular weight is 673 g/mol. The molecule has 0 aliphatic carbocycles. The van der Waals surface area contributed by atoms with Crippen LogP contribution in [0.5, 0.6) is 0 Å². The molecule has 6 rings (SSSR count). The Balaban J connectivity index is 1.15. The summed E-state index contributed by atoms with van der Waals surface area (Å²) in [6, 6.07) is 17.9. The van der Waals surface area contributed by atoms with Crippen LogP contribution in [0.4, 0.5) is 9.59 Å². The Kier molecular flexibility index (Phi) is 9.56. The van der Waals surface area contributed by atoms with Crippen molar-refractivity contribution >= 4 is 84.5 Å². The second kappa shape index (κ2) is 14.1. The minimum Gasteiger partial charge on any atom is -0.456 e. The normalized spacial score (nSPS) is 11.7. The highest BCUT2D eigenvalue weighted by atomic mass is 31.1. The Labute approximate surface area is 271 Å². The lowest BCUT2D eigenvalue weighted by Gasteiger charge is -2.02. The monoisotopic (exact) mass is 672 g/mol. The average Bonchev–Trinajstić information content (AvgIpc) is 3.79. The second-order valence-corrected chi connectivity index (χ2v) is 13.0. The molecule has 240 valence electrons. The van der Waals surface area contributed by atoms with Crippen molar-refractivity contribution in [2.24, 2.45) is 0 Å². The molecule has 0 radical (unpaired) electrons. The highest BCUT2D eigenvalue weighted by Gasteiger charge is 2.14. The molecule has 2 unspecified atom stereocenters. The third kappa shape index (κ3) is 7.48.